The van der Waals surface area contributed by atoms with Gasteiger partial charge in [0, 0.05) is 11.1 Å². The van der Waals surface area contributed by atoms with E-state index < -0.39 is 15.1 Å². The molecule has 4 aromatic rings. The van der Waals surface area contributed by atoms with E-state index in [1.54, 1.807) is 14.2 Å². The number of benzene rings is 2. The summed E-state index contributed by atoms with van der Waals surface area (Å²) >= 11 is -0.931. The first-order chi connectivity index (χ1) is 18.4. The number of hydrogen-bond acceptors (Lipinski definition) is 4. The van der Waals surface area contributed by atoms with E-state index in [0.29, 0.717) is 0 Å². The summed E-state index contributed by atoms with van der Waals surface area (Å²) in [6.45, 7) is 13.3. The molecule has 0 aliphatic carbocycles. The second-order valence-corrected chi connectivity index (χ2v) is 15.9. The van der Waals surface area contributed by atoms with Gasteiger partial charge < -0.3 is 9.47 Å². The molecule has 0 amide bonds. The van der Waals surface area contributed by atoms with Gasteiger partial charge in [0.25, 0.3) is 0 Å². The maximum atomic E-state index is 5.68. The normalized spacial score (nSPS) is 11.2. The molecule has 0 fully saturated rings. The molecule has 0 aliphatic heterocycles. The fourth-order valence-corrected chi connectivity index (χ4v) is 4.20. The molecule has 7 heteroatoms. The van der Waals surface area contributed by atoms with E-state index >= 15 is 0 Å². The number of hydrogen-bond donors (Lipinski definition) is 0. The Kier molecular flexibility index (Phi) is 10.6. The van der Waals surface area contributed by atoms with Crippen LogP contribution in [0.4, 0.5) is 0 Å². The van der Waals surface area contributed by atoms with Crippen molar-refractivity contribution >= 4 is 19.4 Å². The molecule has 0 N–H and O–H groups in total. The number of halogens is 2. The van der Waals surface area contributed by atoms with Crippen LogP contribution in [-0.2, 0) is 26.0 Å². The molecule has 4 rings (SSSR count). The first kappa shape index (κ1) is 31.1. The van der Waals surface area contributed by atoms with Crippen molar-refractivity contribution in [3.05, 3.63) is 83.9 Å². The third kappa shape index (κ3) is 7.81. The van der Waals surface area contributed by atoms with E-state index in [2.05, 4.69) is 65.8 Å². The van der Waals surface area contributed by atoms with Crippen LogP contribution in [0.3, 0.4) is 0 Å². The summed E-state index contributed by atoms with van der Waals surface area (Å²) in [6.07, 6.45) is 0. The molecule has 39 heavy (non-hydrogen) atoms. The standard InChI is InChI=1S/C32H36N2O2.2ClH.Zn/c1-31(2,3)21-15-17-29(35-7)23(19-21)25-11-9-13-27(33-25)28-14-10-12-26(34-28)24-20-22(32(4,5)6)16-18-30(24)36-8;;;/h9-20H,1-8H3;2*1H;/q;;;+2/p-2. The van der Waals surface area contributed by atoms with Gasteiger partial charge in [0.05, 0.1) is 37.0 Å². The number of rotatable bonds is 5. The van der Waals surface area contributed by atoms with Crippen molar-refractivity contribution in [2.45, 2.75) is 52.4 Å². The van der Waals surface area contributed by atoms with E-state index in [4.69, 9.17) is 38.8 Å². The van der Waals surface area contributed by atoms with Crippen molar-refractivity contribution in [3.8, 4) is 45.4 Å². The molecule has 0 unspecified atom stereocenters. The zero-order chi connectivity index (χ0) is 28.8. The van der Waals surface area contributed by atoms with Gasteiger partial charge in [0.1, 0.15) is 11.5 Å². The van der Waals surface area contributed by atoms with Crippen molar-refractivity contribution in [2.75, 3.05) is 14.2 Å². The first-order valence-electron chi connectivity index (χ1n) is 12.9. The van der Waals surface area contributed by atoms with Crippen LogP contribution in [0.5, 0.6) is 11.5 Å². The molecular formula is C32H36Cl2N2O2Zn. The monoisotopic (exact) mass is 614 g/mol. The number of nitrogens with zero attached hydrogens (tertiary/aromatic N) is 2. The number of aromatic nitrogens is 2. The Hall–Kier alpha value is -2.46. The Bertz CT molecular complexity index is 1310. The summed E-state index contributed by atoms with van der Waals surface area (Å²) in [7, 11) is 13.3. The summed E-state index contributed by atoms with van der Waals surface area (Å²) in [4.78, 5) is 10.0. The minimum atomic E-state index is -0.931. The minimum absolute atomic E-state index is 0.0230. The summed E-state index contributed by atoms with van der Waals surface area (Å²) in [5.74, 6) is 1.61. The molecule has 2 aromatic carbocycles. The van der Waals surface area contributed by atoms with E-state index in [1.807, 2.05) is 48.5 Å². The third-order valence-electron chi connectivity index (χ3n) is 6.44. The Morgan fingerprint density at radius 3 is 1.21 bits per heavy atom. The van der Waals surface area contributed by atoms with Gasteiger partial charge in [-0.2, -0.15) is 0 Å². The van der Waals surface area contributed by atoms with Crippen LogP contribution >= 0.6 is 19.4 Å². The molecule has 2 aromatic heterocycles. The maximum absolute atomic E-state index is 5.68. The van der Waals surface area contributed by atoms with Crippen molar-refractivity contribution in [1.29, 1.82) is 0 Å². The van der Waals surface area contributed by atoms with Crippen LogP contribution < -0.4 is 9.47 Å². The van der Waals surface area contributed by atoms with Crippen molar-refractivity contribution in [3.63, 3.8) is 0 Å². The first-order valence-corrected chi connectivity index (χ1v) is 20.7. The molecule has 2 heterocycles. The SMILES string of the molecule is COc1ccc(C(C)(C)C)cc1-c1cccc(-c2cccc(-c3cc(C(C)(C)C)ccc3OC)n2)n1.[Cl][Zn][Cl]. The van der Waals surface area contributed by atoms with E-state index in [1.165, 1.54) is 11.1 Å². The summed E-state index contributed by atoms with van der Waals surface area (Å²) in [5.41, 5.74) is 7.79. The fraction of sp³-hybridized carbons (Fsp3) is 0.312. The van der Waals surface area contributed by atoms with Crippen molar-refractivity contribution in [2.24, 2.45) is 0 Å². The Morgan fingerprint density at radius 2 is 0.897 bits per heavy atom. The number of methoxy groups -OCH3 is 2. The quantitative estimate of drug-likeness (QED) is 0.210. The van der Waals surface area contributed by atoms with Crippen LogP contribution in [0.15, 0.2) is 72.8 Å². The summed E-state index contributed by atoms with van der Waals surface area (Å²) in [6, 6.07) is 24.7. The van der Waals surface area contributed by atoms with E-state index in [9.17, 15) is 0 Å². The molecule has 0 aliphatic rings. The van der Waals surface area contributed by atoms with Gasteiger partial charge in [0.2, 0.25) is 0 Å². The van der Waals surface area contributed by atoms with E-state index in [0.717, 1.165) is 45.4 Å². The summed E-state index contributed by atoms with van der Waals surface area (Å²) < 4.78 is 11.4. The van der Waals surface area contributed by atoms with Crippen LogP contribution in [0.25, 0.3) is 33.9 Å². The predicted octanol–water partition coefficient (Wildman–Crippen LogP) is 9.47. The summed E-state index contributed by atoms with van der Waals surface area (Å²) in [5, 5.41) is 0. The molecule has 0 bridgehead atoms. The van der Waals surface area contributed by atoms with Crippen LogP contribution in [-0.4, -0.2) is 24.2 Å². The fourth-order valence-electron chi connectivity index (χ4n) is 4.20. The van der Waals surface area contributed by atoms with Crippen LogP contribution in [0.1, 0.15) is 52.7 Å². The topological polar surface area (TPSA) is 44.2 Å². The van der Waals surface area contributed by atoms with Gasteiger partial charge >= 0.3 is 34.5 Å². The molecule has 0 radical (unpaired) electrons. The van der Waals surface area contributed by atoms with Crippen LogP contribution in [0, 0.1) is 0 Å². The number of pyridine rings is 2. The predicted molar refractivity (Wildman–Crippen MR) is 161 cm³/mol. The van der Waals surface area contributed by atoms with Crippen molar-refractivity contribution < 1.29 is 24.6 Å². The molecule has 0 saturated heterocycles. The van der Waals surface area contributed by atoms with Gasteiger partial charge in [-0.3, -0.25) is 0 Å². The van der Waals surface area contributed by atoms with Gasteiger partial charge in [0.15, 0.2) is 0 Å². The van der Waals surface area contributed by atoms with Gasteiger partial charge in [-0.25, -0.2) is 9.97 Å². The van der Waals surface area contributed by atoms with Gasteiger partial charge in [-0.15, -0.1) is 0 Å². The zero-order valence-corrected chi connectivity index (χ0v) is 28.6. The zero-order valence-electron chi connectivity index (χ0n) is 24.1. The van der Waals surface area contributed by atoms with Gasteiger partial charge in [-0.1, -0.05) is 65.8 Å². The average Bonchev–Trinajstić information content (AvgIpc) is 2.92. The van der Waals surface area contributed by atoms with E-state index in [-0.39, 0.29) is 10.8 Å². The number of ether oxygens (including phenoxy) is 2. The molecular weight excluding hydrogens is 581 g/mol. The third-order valence-corrected chi connectivity index (χ3v) is 6.44. The Balaban J connectivity index is 0.00000134. The molecule has 0 atom stereocenters. The second-order valence-electron chi connectivity index (χ2n) is 11.2. The molecule has 202 valence electrons. The van der Waals surface area contributed by atoms with Gasteiger partial charge in [-0.05, 0) is 70.5 Å². The molecule has 0 saturated carbocycles. The van der Waals surface area contributed by atoms with Crippen molar-refractivity contribution in [1.82, 2.24) is 9.97 Å². The molecule has 4 nitrogen and oxygen atoms in total. The Labute approximate surface area is 248 Å². The molecule has 0 spiro atoms. The second kappa shape index (κ2) is 13.3. The Morgan fingerprint density at radius 1 is 0.564 bits per heavy atom. The van der Waals surface area contributed by atoms with Crippen LogP contribution in [0.2, 0.25) is 0 Å². The average molecular weight is 617 g/mol.